The summed E-state index contributed by atoms with van der Waals surface area (Å²) in [4.78, 5) is 24.0. The van der Waals surface area contributed by atoms with Crippen LogP contribution in [0.15, 0.2) is 23.8 Å². The molecule has 0 aliphatic carbocycles. The fourth-order valence-corrected chi connectivity index (χ4v) is 1.34. The number of nitrogens with zero attached hydrogens (tertiary/aromatic N) is 1. The van der Waals surface area contributed by atoms with E-state index >= 15 is 0 Å². The second-order valence-corrected chi connectivity index (χ2v) is 5.04. The number of esters is 1. The van der Waals surface area contributed by atoms with Gasteiger partial charge in [0.05, 0.1) is 7.11 Å². The molecule has 18 heavy (non-hydrogen) atoms. The van der Waals surface area contributed by atoms with Crippen LogP contribution in [-0.2, 0) is 14.3 Å². The van der Waals surface area contributed by atoms with Crippen LogP contribution in [-0.4, -0.2) is 42.8 Å². The van der Waals surface area contributed by atoms with Crippen molar-refractivity contribution >= 4 is 12.1 Å². The van der Waals surface area contributed by atoms with Crippen LogP contribution in [0.3, 0.4) is 0 Å². The molecule has 0 unspecified atom stereocenters. The molecular weight excluding hydrogens is 234 g/mol. The van der Waals surface area contributed by atoms with Crippen LogP contribution in [0.1, 0.15) is 20.8 Å². The van der Waals surface area contributed by atoms with Gasteiger partial charge < -0.3 is 14.4 Å². The van der Waals surface area contributed by atoms with Crippen molar-refractivity contribution in [1.29, 1.82) is 0 Å². The molecule has 0 atom stereocenters. The highest BCUT2D eigenvalue weighted by molar-refractivity contribution is 5.82. The molecule has 0 saturated carbocycles. The minimum absolute atomic E-state index is 0.309. The van der Waals surface area contributed by atoms with Gasteiger partial charge in [-0.05, 0) is 26.3 Å². The first-order valence-electron chi connectivity index (χ1n) is 5.74. The lowest BCUT2D eigenvalue weighted by molar-refractivity contribution is -0.134. The topological polar surface area (TPSA) is 55.8 Å². The fourth-order valence-electron chi connectivity index (χ4n) is 1.34. The third-order valence-electron chi connectivity index (χ3n) is 2.21. The number of methoxy groups -OCH3 is 1. The summed E-state index contributed by atoms with van der Waals surface area (Å²) in [5, 5.41) is 0. The molecule has 0 N–H and O–H groups in total. The Kier molecular flexibility index (Phi) is 4.53. The highest BCUT2D eigenvalue weighted by Gasteiger charge is 2.28. The molecule has 1 saturated heterocycles. The van der Waals surface area contributed by atoms with Gasteiger partial charge in [0, 0.05) is 19.2 Å². The quantitative estimate of drug-likeness (QED) is 0.557. The van der Waals surface area contributed by atoms with Gasteiger partial charge in [-0.15, -0.1) is 0 Å². The van der Waals surface area contributed by atoms with Crippen molar-refractivity contribution in [3.05, 3.63) is 23.8 Å². The minimum atomic E-state index is -0.471. The second kappa shape index (κ2) is 5.71. The van der Waals surface area contributed by atoms with Crippen LogP contribution in [0, 0.1) is 0 Å². The molecule has 0 aromatic carbocycles. The maximum absolute atomic E-state index is 11.6. The minimum Gasteiger partial charge on any atom is -0.466 e. The van der Waals surface area contributed by atoms with Crippen LogP contribution in [0.2, 0.25) is 0 Å². The van der Waals surface area contributed by atoms with Gasteiger partial charge in [-0.25, -0.2) is 9.59 Å². The van der Waals surface area contributed by atoms with Crippen molar-refractivity contribution in [1.82, 2.24) is 4.90 Å². The third-order valence-corrected chi connectivity index (χ3v) is 2.21. The van der Waals surface area contributed by atoms with E-state index in [1.165, 1.54) is 13.2 Å². The van der Waals surface area contributed by atoms with Gasteiger partial charge in [0.1, 0.15) is 5.60 Å². The van der Waals surface area contributed by atoms with E-state index in [9.17, 15) is 9.59 Å². The first-order valence-corrected chi connectivity index (χ1v) is 5.74. The number of carbonyl (C=O) groups is 2. The molecule has 0 aromatic rings. The monoisotopic (exact) mass is 253 g/mol. The zero-order chi connectivity index (χ0) is 13.8. The molecule has 0 spiro atoms. The summed E-state index contributed by atoms with van der Waals surface area (Å²) in [6.07, 6.45) is 4.45. The van der Waals surface area contributed by atoms with Gasteiger partial charge in [-0.1, -0.05) is 12.2 Å². The van der Waals surface area contributed by atoms with E-state index in [-0.39, 0.29) is 6.09 Å². The standard InChI is InChI=1S/C13H19NO4/c1-13(2,3)18-12(16)14-8-10(9-14)6-5-7-11(15)17-4/h5-7H,8-9H2,1-4H3/b7-5+. The molecule has 5 heteroatoms. The summed E-state index contributed by atoms with van der Waals surface area (Å²) in [7, 11) is 1.33. The van der Waals surface area contributed by atoms with Gasteiger partial charge in [0.25, 0.3) is 0 Å². The Morgan fingerprint density at radius 2 is 1.89 bits per heavy atom. The number of allylic oxidation sites excluding steroid dienone is 2. The smallest absolute Gasteiger partial charge is 0.410 e. The number of likely N-dealkylation sites (tertiary alicyclic amines) is 1. The summed E-state index contributed by atoms with van der Waals surface area (Å²) >= 11 is 0. The van der Waals surface area contributed by atoms with Crippen LogP contribution in [0.25, 0.3) is 0 Å². The molecule has 1 heterocycles. The summed E-state index contributed by atoms with van der Waals surface area (Å²) in [6, 6.07) is 0. The summed E-state index contributed by atoms with van der Waals surface area (Å²) in [5.41, 5.74) is 0.599. The van der Waals surface area contributed by atoms with Crippen molar-refractivity contribution in [2.75, 3.05) is 20.2 Å². The van der Waals surface area contributed by atoms with Gasteiger partial charge in [0.2, 0.25) is 0 Å². The van der Waals surface area contributed by atoms with Crippen molar-refractivity contribution in [3.8, 4) is 0 Å². The highest BCUT2D eigenvalue weighted by atomic mass is 16.6. The Balaban J connectivity index is 2.35. The van der Waals surface area contributed by atoms with E-state index < -0.39 is 11.6 Å². The first kappa shape index (κ1) is 14.3. The third kappa shape index (κ3) is 4.61. The Morgan fingerprint density at radius 1 is 1.28 bits per heavy atom. The largest absolute Gasteiger partial charge is 0.466 e. The predicted octanol–water partition coefficient (Wildman–Crippen LogP) is 1.89. The Bertz CT molecular complexity index is 382. The summed E-state index contributed by atoms with van der Waals surface area (Å²) in [5.74, 6) is -0.393. The van der Waals surface area contributed by atoms with Crippen LogP contribution >= 0.6 is 0 Å². The number of amides is 1. The number of ether oxygens (including phenoxy) is 2. The highest BCUT2D eigenvalue weighted by Crippen LogP contribution is 2.18. The van der Waals surface area contributed by atoms with Crippen LogP contribution < -0.4 is 0 Å². The lowest BCUT2D eigenvalue weighted by atomic mass is 10.1. The molecule has 0 bridgehead atoms. The van der Waals surface area contributed by atoms with Crippen molar-refractivity contribution in [3.63, 3.8) is 0 Å². The number of rotatable bonds is 2. The zero-order valence-electron chi connectivity index (χ0n) is 11.2. The molecule has 0 radical (unpaired) electrons. The molecule has 100 valence electrons. The van der Waals surface area contributed by atoms with E-state index in [1.807, 2.05) is 20.8 Å². The average molecular weight is 253 g/mol. The summed E-state index contributed by atoms with van der Waals surface area (Å²) < 4.78 is 9.68. The van der Waals surface area contributed by atoms with Gasteiger partial charge in [-0.2, -0.15) is 0 Å². The molecule has 1 fully saturated rings. The fraction of sp³-hybridized carbons (Fsp3) is 0.538. The normalized spacial score (nSPS) is 15.3. The van der Waals surface area contributed by atoms with E-state index in [0.29, 0.717) is 13.1 Å². The maximum Gasteiger partial charge on any atom is 0.410 e. The molecule has 1 aliphatic rings. The lowest BCUT2D eigenvalue weighted by Crippen LogP contribution is -2.46. The predicted molar refractivity (Wildman–Crippen MR) is 67.0 cm³/mol. The second-order valence-electron chi connectivity index (χ2n) is 5.04. The van der Waals surface area contributed by atoms with Crippen molar-refractivity contribution in [2.45, 2.75) is 26.4 Å². The zero-order valence-corrected chi connectivity index (χ0v) is 11.2. The average Bonchev–Trinajstić information content (AvgIpc) is 2.17. The maximum atomic E-state index is 11.6. The van der Waals surface area contributed by atoms with Gasteiger partial charge in [-0.3, -0.25) is 0 Å². The lowest BCUT2D eigenvalue weighted by Gasteiger charge is -2.35. The number of hydrogen-bond donors (Lipinski definition) is 0. The molecule has 5 nitrogen and oxygen atoms in total. The van der Waals surface area contributed by atoms with E-state index in [0.717, 1.165) is 5.57 Å². The molecule has 1 aliphatic heterocycles. The Labute approximate surface area is 107 Å². The van der Waals surface area contributed by atoms with Crippen LogP contribution in [0.5, 0.6) is 0 Å². The Hall–Kier alpha value is -1.78. The van der Waals surface area contributed by atoms with E-state index in [2.05, 4.69) is 4.74 Å². The Morgan fingerprint density at radius 3 is 2.39 bits per heavy atom. The molecule has 1 amide bonds. The number of carbonyl (C=O) groups excluding carboxylic acids is 2. The molecule has 1 rings (SSSR count). The first-order chi connectivity index (χ1) is 8.31. The van der Waals surface area contributed by atoms with E-state index in [1.54, 1.807) is 17.1 Å². The van der Waals surface area contributed by atoms with Crippen molar-refractivity contribution in [2.24, 2.45) is 0 Å². The molecule has 0 aromatic heterocycles. The summed E-state index contributed by atoms with van der Waals surface area (Å²) in [6.45, 7) is 6.59. The van der Waals surface area contributed by atoms with Crippen molar-refractivity contribution < 1.29 is 19.1 Å². The number of hydrogen-bond acceptors (Lipinski definition) is 4. The SMILES string of the molecule is COC(=O)/C=C/C=C1CN(C(=O)OC(C)(C)C)C1. The van der Waals surface area contributed by atoms with Gasteiger partial charge >= 0.3 is 12.1 Å². The van der Waals surface area contributed by atoms with Crippen LogP contribution in [0.4, 0.5) is 4.79 Å². The van der Waals surface area contributed by atoms with E-state index in [4.69, 9.17) is 4.74 Å². The molecular formula is C13H19NO4. The van der Waals surface area contributed by atoms with Gasteiger partial charge in [0.15, 0.2) is 0 Å².